The van der Waals surface area contributed by atoms with Crippen molar-refractivity contribution in [2.24, 2.45) is 0 Å². The zero-order valence-corrected chi connectivity index (χ0v) is 15.1. The lowest BCUT2D eigenvalue weighted by atomic mass is 10.0. The fourth-order valence-electron chi connectivity index (χ4n) is 2.44. The SMILES string of the molecule is Cl.FC(F)(F)C[C@@H](c1cc(Br)cc(Br)c1)N1CCNCC1. The molecule has 0 unspecified atom stereocenters. The first-order valence-electron chi connectivity index (χ1n) is 6.33. The highest BCUT2D eigenvalue weighted by atomic mass is 79.9. The molecule has 1 aliphatic heterocycles. The molecule has 2 nitrogen and oxygen atoms in total. The molecule has 1 heterocycles. The highest BCUT2D eigenvalue weighted by Crippen LogP contribution is 2.36. The Labute approximate surface area is 145 Å². The number of hydrogen-bond donors (Lipinski definition) is 1. The van der Waals surface area contributed by atoms with Gasteiger partial charge in [0, 0.05) is 41.2 Å². The molecule has 0 bridgehead atoms. The van der Waals surface area contributed by atoms with E-state index in [-0.39, 0.29) is 12.4 Å². The molecule has 21 heavy (non-hydrogen) atoms. The zero-order valence-electron chi connectivity index (χ0n) is 11.1. The van der Waals surface area contributed by atoms with Gasteiger partial charge in [-0.15, -0.1) is 12.4 Å². The van der Waals surface area contributed by atoms with Crippen LogP contribution in [-0.2, 0) is 0 Å². The van der Waals surface area contributed by atoms with Gasteiger partial charge in [0.05, 0.1) is 6.42 Å². The number of alkyl halides is 3. The molecule has 0 aromatic heterocycles. The van der Waals surface area contributed by atoms with Gasteiger partial charge in [-0.05, 0) is 23.8 Å². The maximum atomic E-state index is 12.9. The smallest absolute Gasteiger partial charge is 0.314 e. The first kappa shape index (κ1) is 19.2. The van der Waals surface area contributed by atoms with Gasteiger partial charge in [-0.25, -0.2) is 0 Å². The Morgan fingerprint density at radius 2 is 1.62 bits per heavy atom. The molecule has 0 radical (unpaired) electrons. The molecular weight excluding hydrogens is 436 g/mol. The summed E-state index contributed by atoms with van der Waals surface area (Å²) < 4.78 is 40.2. The number of halogens is 6. The van der Waals surface area contributed by atoms with Crippen LogP contribution in [0, 0.1) is 0 Å². The summed E-state index contributed by atoms with van der Waals surface area (Å²) >= 11 is 6.69. The van der Waals surface area contributed by atoms with Crippen LogP contribution in [0.4, 0.5) is 13.2 Å². The summed E-state index contributed by atoms with van der Waals surface area (Å²) in [6, 6.07) is 4.73. The van der Waals surface area contributed by atoms with Crippen molar-refractivity contribution in [3.05, 3.63) is 32.7 Å². The number of hydrogen-bond acceptors (Lipinski definition) is 2. The van der Waals surface area contributed by atoms with Crippen LogP contribution >= 0.6 is 44.3 Å². The zero-order chi connectivity index (χ0) is 14.8. The van der Waals surface area contributed by atoms with Crippen LogP contribution in [0.3, 0.4) is 0 Å². The van der Waals surface area contributed by atoms with Crippen LogP contribution < -0.4 is 5.32 Å². The van der Waals surface area contributed by atoms with E-state index in [4.69, 9.17) is 0 Å². The van der Waals surface area contributed by atoms with Crippen molar-refractivity contribution in [1.29, 1.82) is 0 Å². The van der Waals surface area contributed by atoms with E-state index in [2.05, 4.69) is 37.2 Å². The van der Waals surface area contributed by atoms with E-state index in [0.29, 0.717) is 18.7 Å². The van der Waals surface area contributed by atoms with Crippen molar-refractivity contribution in [1.82, 2.24) is 10.2 Å². The quantitative estimate of drug-likeness (QED) is 0.725. The molecule has 0 saturated carbocycles. The standard InChI is InChI=1S/C13H15Br2F3N2.ClH/c14-10-5-9(6-11(15)7-10)12(8-13(16,17)18)20-3-1-19-2-4-20;/h5-7,12,19H,1-4,8H2;1H/t12-;/m0./s1. The first-order chi connectivity index (χ1) is 9.35. The number of benzene rings is 1. The van der Waals surface area contributed by atoms with Crippen LogP contribution in [-0.4, -0.2) is 37.3 Å². The molecule has 0 amide bonds. The maximum Gasteiger partial charge on any atom is 0.390 e. The lowest BCUT2D eigenvalue weighted by Crippen LogP contribution is -2.46. The van der Waals surface area contributed by atoms with Crippen LogP contribution in [0.1, 0.15) is 18.0 Å². The number of rotatable bonds is 3. The number of piperazine rings is 1. The highest BCUT2D eigenvalue weighted by Gasteiger charge is 2.36. The molecule has 120 valence electrons. The Bertz CT molecular complexity index is 445. The second kappa shape index (κ2) is 8.15. The van der Waals surface area contributed by atoms with E-state index < -0.39 is 18.6 Å². The molecule has 1 aromatic rings. The van der Waals surface area contributed by atoms with Crippen molar-refractivity contribution in [3.63, 3.8) is 0 Å². The van der Waals surface area contributed by atoms with Crippen LogP contribution in [0.5, 0.6) is 0 Å². The molecule has 0 spiro atoms. The van der Waals surface area contributed by atoms with Gasteiger partial charge in [0.25, 0.3) is 0 Å². The number of nitrogens with zero attached hydrogens (tertiary/aromatic N) is 1. The molecule has 1 atom stereocenters. The van der Waals surface area contributed by atoms with Crippen molar-refractivity contribution in [2.75, 3.05) is 26.2 Å². The molecular formula is C13H16Br2ClF3N2. The van der Waals surface area contributed by atoms with Crippen molar-refractivity contribution >= 4 is 44.3 Å². The van der Waals surface area contributed by atoms with Gasteiger partial charge in [-0.3, -0.25) is 4.90 Å². The monoisotopic (exact) mass is 450 g/mol. The maximum absolute atomic E-state index is 12.9. The van der Waals surface area contributed by atoms with Gasteiger partial charge in [0.2, 0.25) is 0 Å². The molecule has 0 aliphatic carbocycles. The van der Waals surface area contributed by atoms with Crippen LogP contribution in [0.25, 0.3) is 0 Å². The van der Waals surface area contributed by atoms with Gasteiger partial charge in [0.1, 0.15) is 0 Å². The fraction of sp³-hybridized carbons (Fsp3) is 0.538. The van der Waals surface area contributed by atoms with Crippen molar-refractivity contribution in [3.8, 4) is 0 Å². The second-order valence-corrected chi connectivity index (χ2v) is 6.66. The largest absolute Gasteiger partial charge is 0.390 e. The summed E-state index contributed by atoms with van der Waals surface area (Å²) in [5, 5.41) is 3.17. The van der Waals surface area contributed by atoms with E-state index >= 15 is 0 Å². The highest BCUT2D eigenvalue weighted by molar-refractivity contribution is 9.11. The minimum atomic E-state index is -4.18. The summed E-state index contributed by atoms with van der Waals surface area (Å²) in [5.41, 5.74) is 0.686. The van der Waals surface area contributed by atoms with Crippen molar-refractivity contribution < 1.29 is 13.2 Å². The Hall–Kier alpha value is 0.180. The van der Waals surface area contributed by atoms with E-state index in [1.54, 1.807) is 12.1 Å². The van der Waals surface area contributed by atoms with Gasteiger partial charge in [-0.1, -0.05) is 31.9 Å². The average molecular weight is 453 g/mol. The lowest BCUT2D eigenvalue weighted by molar-refractivity contribution is -0.148. The molecule has 1 fully saturated rings. The summed E-state index contributed by atoms with van der Waals surface area (Å²) in [6.45, 7) is 2.71. The second-order valence-electron chi connectivity index (χ2n) is 4.82. The Kier molecular flexibility index (Phi) is 7.46. The molecule has 1 aliphatic rings. The van der Waals surface area contributed by atoms with Gasteiger partial charge in [-0.2, -0.15) is 13.2 Å². The third kappa shape index (κ3) is 6.06. The molecule has 1 aromatic carbocycles. The summed E-state index contributed by atoms with van der Waals surface area (Å²) in [4.78, 5) is 1.90. The average Bonchev–Trinajstić information content (AvgIpc) is 2.35. The van der Waals surface area contributed by atoms with Gasteiger partial charge >= 0.3 is 6.18 Å². The van der Waals surface area contributed by atoms with Crippen LogP contribution in [0.2, 0.25) is 0 Å². The normalized spacial score (nSPS) is 18.1. The van der Waals surface area contributed by atoms with Crippen LogP contribution in [0.15, 0.2) is 27.1 Å². The van der Waals surface area contributed by atoms with E-state index in [9.17, 15) is 13.2 Å². The predicted molar refractivity (Wildman–Crippen MR) is 86.9 cm³/mol. The van der Waals surface area contributed by atoms with Gasteiger partial charge < -0.3 is 5.32 Å². The fourth-order valence-corrected chi connectivity index (χ4v) is 3.77. The minimum absolute atomic E-state index is 0. The van der Waals surface area contributed by atoms with E-state index in [0.717, 1.165) is 22.0 Å². The van der Waals surface area contributed by atoms with E-state index in [1.165, 1.54) is 0 Å². The number of nitrogens with one attached hydrogen (secondary N) is 1. The third-order valence-corrected chi connectivity index (χ3v) is 4.20. The lowest BCUT2D eigenvalue weighted by Gasteiger charge is -2.35. The van der Waals surface area contributed by atoms with Gasteiger partial charge in [0.15, 0.2) is 0 Å². The molecule has 1 saturated heterocycles. The summed E-state index contributed by atoms with van der Waals surface area (Å²) in [5.74, 6) is 0. The van der Waals surface area contributed by atoms with E-state index in [1.807, 2.05) is 11.0 Å². The first-order valence-corrected chi connectivity index (χ1v) is 7.91. The molecule has 1 N–H and O–H groups in total. The third-order valence-electron chi connectivity index (χ3n) is 3.29. The Morgan fingerprint density at radius 1 is 1.10 bits per heavy atom. The minimum Gasteiger partial charge on any atom is -0.314 e. The topological polar surface area (TPSA) is 15.3 Å². The molecule has 8 heteroatoms. The Balaban J connectivity index is 0.00000220. The van der Waals surface area contributed by atoms with Crippen molar-refractivity contribution in [2.45, 2.75) is 18.6 Å². The summed E-state index contributed by atoms with van der Waals surface area (Å²) in [7, 11) is 0. The molecule has 2 rings (SSSR count). The summed E-state index contributed by atoms with van der Waals surface area (Å²) in [6.07, 6.45) is -5.00. The predicted octanol–water partition coefficient (Wildman–Crippen LogP) is 4.53. The Morgan fingerprint density at radius 3 is 2.10 bits per heavy atom.